The maximum atomic E-state index is 11.3. The van der Waals surface area contributed by atoms with Gasteiger partial charge in [-0.1, -0.05) is 15.9 Å². The maximum Gasteiger partial charge on any atom is 0.338 e. The van der Waals surface area contributed by atoms with Crippen molar-refractivity contribution in [1.29, 1.82) is 0 Å². The molecule has 0 radical (unpaired) electrons. The lowest BCUT2D eigenvalue weighted by atomic mass is 10.2. The average Bonchev–Trinajstić information content (AvgIpc) is 2.47. The average molecular weight is 251 g/mol. The highest BCUT2D eigenvalue weighted by Crippen LogP contribution is 2.36. The lowest BCUT2D eigenvalue weighted by Gasteiger charge is -2.20. The van der Waals surface area contributed by atoms with Crippen LogP contribution in [-0.2, 0) is 19.0 Å². The second-order valence-electron chi connectivity index (χ2n) is 3.65. The molecular formula is C8H11BrO4. The molecule has 0 spiro atoms. The molecule has 0 bridgehead atoms. The molecule has 5 heteroatoms. The number of carbonyl (C=O) groups is 1. The third-order valence-electron chi connectivity index (χ3n) is 2.15. The summed E-state index contributed by atoms with van der Waals surface area (Å²) in [4.78, 5) is 11.3. The van der Waals surface area contributed by atoms with Crippen LogP contribution < -0.4 is 0 Å². The standard InChI is InChI=1S/C8H11BrO4/c1-8(2)12-5-4(3-9)11-7(10)6(5)13-8/h4-6H,3H2,1-2H3/t4-,5-,6-/m0/s1. The summed E-state index contributed by atoms with van der Waals surface area (Å²) >= 11 is 3.26. The van der Waals surface area contributed by atoms with E-state index in [4.69, 9.17) is 14.2 Å². The zero-order valence-electron chi connectivity index (χ0n) is 7.45. The molecule has 4 nitrogen and oxygen atoms in total. The molecule has 2 heterocycles. The maximum absolute atomic E-state index is 11.3. The summed E-state index contributed by atoms with van der Waals surface area (Å²) in [6.45, 7) is 3.59. The summed E-state index contributed by atoms with van der Waals surface area (Å²) in [5, 5.41) is 0.583. The fourth-order valence-electron chi connectivity index (χ4n) is 1.65. The van der Waals surface area contributed by atoms with Gasteiger partial charge < -0.3 is 14.2 Å². The fraction of sp³-hybridized carbons (Fsp3) is 0.875. The third-order valence-corrected chi connectivity index (χ3v) is 2.79. The van der Waals surface area contributed by atoms with E-state index in [1.807, 2.05) is 0 Å². The molecule has 0 aromatic rings. The lowest BCUT2D eigenvalue weighted by Crippen LogP contribution is -2.30. The first kappa shape index (κ1) is 9.43. The number of carbonyl (C=O) groups excluding carboxylic acids is 1. The van der Waals surface area contributed by atoms with Crippen LogP contribution in [0.25, 0.3) is 0 Å². The number of fused-ring (bicyclic) bond motifs is 1. The van der Waals surface area contributed by atoms with Gasteiger partial charge in [-0.25, -0.2) is 4.79 Å². The van der Waals surface area contributed by atoms with Crippen molar-refractivity contribution < 1.29 is 19.0 Å². The minimum Gasteiger partial charge on any atom is -0.457 e. The zero-order valence-corrected chi connectivity index (χ0v) is 9.04. The Kier molecular flexibility index (Phi) is 2.13. The highest BCUT2D eigenvalue weighted by Gasteiger charge is 2.55. The van der Waals surface area contributed by atoms with Crippen LogP contribution in [0.4, 0.5) is 0 Å². The van der Waals surface area contributed by atoms with E-state index < -0.39 is 11.9 Å². The molecule has 2 fully saturated rings. The van der Waals surface area contributed by atoms with Crippen LogP contribution in [0.2, 0.25) is 0 Å². The second-order valence-corrected chi connectivity index (χ2v) is 4.30. The topological polar surface area (TPSA) is 44.8 Å². The molecule has 13 heavy (non-hydrogen) atoms. The molecule has 0 aliphatic carbocycles. The lowest BCUT2D eigenvalue weighted by molar-refractivity contribution is -0.185. The first-order valence-corrected chi connectivity index (χ1v) is 5.28. The van der Waals surface area contributed by atoms with Crippen LogP contribution in [0.3, 0.4) is 0 Å². The fourth-order valence-corrected chi connectivity index (χ4v) is 2.15. The van der Waals surface area contributed by atoms with E-state index in [9.17, 15) is 4.79 Å². The first-order chi connectivity index (χ1) is 6.03. The molecule has 0 N–H and O–H groups in total. The van der Waals surface area contributed by atoms with Gasteiger partial charge in [0.25, 0.3) is 0 Å². The summed E-state index contributed by atoms with van der Waals surface area (Å²) in [7, 11) is 0. The summed E-state index contributed by atoms with van der Waals surface area (Å²) in [5.74, 6) is -0.991. The smallest absolute Gasteiger partial charge is 0.338 e. The molecule has 2 aliphatic heterocycles. The Morgan fingerprint density at radius 1 is 1.46 bits per heavy atom. The SMILES string of the molecule is CC1(C)O[C@H]2[C@H](CBr)OC(=O)[C@H]2O1. The van der Waals surface area contributed by atoms with Crippen LogP contribution in [0.1, 0.15) is 13.8 Å². The van der Waals surface area contributed by atoms with E-state index in [0.29, 0.717) is 5.33 Å². The molecular weight excluding hydrogens is 240 g/mol. The number of ether oxygens (including phenoxy) is 3. The Morgan fingerprint density at radius 2 is 2.15 bits per heavy atom. The third kappa shape index (κ3) is 1.49. The van der Waals surface area contributed by atoms with Gasteiger partial charge >= 0.3 is 5.97 Å². The van der Waals surface area contributed by atoms with Gasteiger partial charge in [-0.05, 0) is 13.8 Å². The summed E-state index contributed by atoms with van der Waals surface area (Å²) in [6.07, 6.45) is -1.03. The van der Waals surface area contributed by atoms with E-state index in [0.717, 1.165) is 0 Å². The van der Waals surface area contributed by atoms with Crippen molar-refractivity contribution in [3.8, 4) is 0 Å². The minimum absolute atomic E-state index is 0.223. The van der Waals surface area contributed by atoms with Crippen molar-refractivity contribution in [2.45, 2.75) is 37.9 Å². The van der Waals surface area contributed by atoms with Crippen molar-refractivity contribution >= 4 is 21.9 Å². The van der Waals surface area contributed by atoms with Crippen molar-refractivity contribution in [3.05, 3.63) is 0 Å². The highest BCUT2D eigenvalue weighted by atomic mass is 79.9. The molecule has 2 aliphatic rings. The van der Waals surface area contributed by atoms with Crippen molar-refractivity contribution in [2.24, 2.45) is 0 Å². The van der Waals surface area contributed by atoms with Gasteiger partial charge in [-0.15, -0.1) is 0 Å². The number of rotatable bonds is 1. The van der Waals surface area contributed by atoms with Crippen LogP contribution >= 0.6 is 15.9 Å². The predicted octanol–water partition coefficient (Wildman–Crippen LogP) is 0.827. The molecule has 3 atom stereocenters. The van der Waals surface area contributed by atoms with Gasteiger partial charge in [0.05, 0.1) is 0 Å². The Hall–Kier alpha value is -0.130. The molecule has 2 saturated heterocycles. The number of hydrogen-bond donors (Lipinski definition) is 0. The molecule has 0 aromatic heterocycles. The Labute approximate surface area is 84.7 Å². The van der Waals surface area contributed by atoms with Gasteiger partial charge in [0.2, 0.25) is 0 Å². The monoisotopic (exact) mass is 250 g/mol. The number of halogens is 1. The Morgan fingerprint density at radius 3 is 2.77 bits per heavy atom. The Bertz CT molecular complexity index is 240. The molecule has 74 valence electrons. The van der Waals surface area contributed by atoms with E-state index in [1.54, 1.807) is 13.8 Å². The normalized spacial score (nSPS) is 41.8. The van der Waals surface area contributed by atoms with Crippen LogP contribution in [0.5, 0.6) is 0 Å². The van der Waals surface area contributed by atoms with E-state index >= 15 is 0 Å². The first-order valence-electron chi connectivity index (χ1n) is 4.15. The van der Waals surface area contributed by atoms with E-state index in [-0.39, 0.29) is 18.2 Å². The summed E-state index contributed by atoms with van der Waals surface area (Å²) in [5.41, 5.74) is 0. The molecule has 0 amide bonds. The zero-order chi connectivity index (χ0) is 9.64. The van der Waals surface area contributed by atoms with Crippen molar-refractivity contribution in [3.63, 3.8) is 0 Å². The minimum atomic E-state index is -0.671. The number of alkyl halides is 1. The van der Waals surface area contributed by atoms with E-state index in [1.165, 1.54) is 0 Å². The van der Waals surface area contributed by atoms with Crippen molar-refractivity contribution in [2.75, 3.05) is 5.33 Å². The second kappa shape index (κ2) is 2.93. The largest absolute Gasteiger partial charge is 0.457 e. The Balaban J connectivity index is 2.17. The van der Waals surface area contributed by atoms with Crippen LogP contribution in [0, 0.1) is 0 Å². The number of esters is 1. The van der Waals surface area contributed by atoms with E-state index in [2.05, 4.69) is 15.9 Å². The van der Waals surface area contributed by atoms with Gasteiger partial charge in [0, 0.05) is 5.33 Å². The van der Waals surface area contributed by atoms with Gasteiger partial charge in [0.1, 0.15) is 12.2 Å². The quantitative estimate of drug-likeness (QED) is 0.511. The predicted molar refractivity (Wildman–Crippen MR) is 47.5 cm³/mol. The number of hydrogen-bond acceptors (Lipinski definition) is 4. The van der Waals surface area contributed by atoms with Crippen molar-refractivity contribution in [1.82, 2.24) is 0 Å². The summed E-state index contributed by atoms with van der Waals surface area (Å²) < 4.78 is 16.0. The highest BCUT2D eigenvalue weighted by molar-refractivity contribution is 9.09. The van der Waals surface area contributed by atoms with Gasteiger partial charge in [-0.3, -0.25) is 0 Å². The molecule has 0 aromatic carbocycles. The van der Waals surface area contributed by atoms with Crippen LogP contribution in [0.15, 0.2) is 0 Å². The molecule has 0 unspecified atom stereocenters. The van der Waals surface area contributed by atoms with Crippen LogP contribution in [-0.4, -0.2) is 35.4 Å². The summed E-state index contributed by atoms with van der Waals surface area (Å²) in [6, 6.07) is 0. The molecule has 0 saturated carbocycles. The number of cyclic esters (lactones) is 1. The van der Waals surface area contributed by atoms with Gasteiger partial charge in [-0.2, -0.15) is 0 Å². The van der Waals surface area contributed by atoms with Gasteiger partial charge in [0.15, 0.2) is 11.9 Å². The molecule has 2 rings (SSSR count).